The fourth-order valence-corrected chi connectivity index (χ4v) is 8.49. The third-order valence-electron chi connectivity index (χ3n) is 7.30. The van der Waals surface area contributed by atoms with Crippen LogP contribution >= 0.6 is 0 Å². The van der Waals surface area contributed by atoms with Crippen LogP contribution in [0.3, 0.4) is 0 Å². The van der Waals surface area contributed by atoms with Gasteiger partial charge in [-0.25, -0.2) is 29.9 Å². The van der Waals surface area contributed by atoms with Gasteiger partial charge in [0, 0.05) is 18.5 Å². The van der Waals surface area contributed by atoms with Gasteiger partial charge in [0.05, 0.1) is 22.8 Å². The molecule has 0 N–H and O–H groups in total. The van der Waals surface area contributed by atoms with Crippen molar-refractivity contribution in [2.75, 3.05) is 20.2 Å². The third kappa shape index (κ3) is 4.25. The number of fused-ring (bicyclic) bond motifs is 1. The van der Waals surface area contributed by atoms with E-state index in [1.54, 1.807) is 22.5 Å². The van der Waals surface area contributed by atoms with Gasteiger partial charge in [-0.05, 0) is 86.9 Å². The normalized spacial score (nSPS) is 18.0. The van der Waals surface area contributed by atoms with Crippen molar-refractivity contribution in [1.29, 1.82) is 0 Å². The summed E-state index contributed by atoms with van der Waals surface area (Å²) in [6.07, 6.45) is 2.81. The maximum Gasteiger partial charge on any atom is 0.355 e. The second-order valence-corrected chi connectivity index (χ2v) is 13.8. The van der Waals surface area contributed by atoms with Crippen molar-refractivity contribution in [1.82, 2.24) is 8.28 Å². The Balaban J connectivity index is 1.57. The summed E-state index contributed by atoms with van der Waals surface area (Å²) in [5, 5.41) is 0.403. The summed E-state index contributed by atoms with van der Waals surface area (Å²) in [7, 11) is -6.07. The van der Waals surface area contributed by atoms with E-state index in [2.05, 4.69) is 0 Å². The SMILES string of the molecule is COC(=O)c1cc2cc(C)c(C3CCN(S(=O)(=O)C4CC4)CC3)cc2n1S(=O)(=O)c1ccc(C)cc1. The summed E-state index contributed by atoms with van der Waals surface area (Å²) >= 11 is 0. The molecule has 0 unspecified atom stereocenters. The van der Waals surface area contributed by atoms with Crippen LogP contribution in [0.2, 0.25) is 0 Å². The van der Waals surface area contributed by atoms with Crippen LogP contribution in [0.25, 0.3) is 10.9 Å². The van der Waals surface area contributed by atoms with E-state index in [4.69, 9.17) is 4.74 Å². The van der Waals surface area contributed by atoms with Crippen LogP contribution in [0.15, 0.2) is 47.4 Å². The van der Waals surface area contributed by atoms with Gasteiger partial charge in [-0.3, -0.25) is 0 Å². The van der Waals surface area contributed by atoms with Gasteiger partial charge >= 0.3 is 5.97 Å². The molecule has 2 aromatic carbocycles. The van der Waals surface area contributed by atoms with Crippen molar-refractivity contribution in [3.05, 3.63) is 64.8 Å². The van der Waals surface area contributed by atoms with E-state index in [1.807, 2.05) is 26.0 Å². The molecule has 10 heteroatoms. The standard InChI is InChI=1S/C26H30N2O6S2/c1-17-4-6-22(7-5-17)36(32,33)28-24-16-23(18(2)14-20(24)15-25(28)26(29)34-3)19-10-12-27(13-11-19)35(30,31)21-8-9-21/h4-7,14-16,19,21H,8-13H2,1-3H3. The summed E-state index contributed by atoms with van der Waals surface area (Å²) in [6, 6.07) is 11.8. The van der Waals surface area contributed by atoms with Crippen molar-refractivity contribution in [3.63, 3.8) is 0 Å². The highest BCUT2D eigenvalue weighted by atomic mass is 32.2. The smallest absolute Gasteiger partial charge is 0.355 e. The second-order valence-electron chi connectivity index (χ2n) is 9.79. The first kappa shape index (κ1) is 25.0. The second kappa shape index (κ2) is 9.00. The molecule has 1 aliphatic carbocycles. The van der Waals surface area contributed by atoms with Crippen LogP contribution < -0.4 is 0 Å². The molecule has 2 fully saturated rings. The maximum absolute atomic E-state index is 13.7. The van der Waals surface area contributed by atoms with E-state index in [1.165, 1.54) is 19.2 Å². The van der Waals surface area contributed by atoms with Gasteiger partial charge in [0.1, 0.15) is 5.69 Å². The summed E-state index contributed by atoms with van der Waals surface area (Å²) in [5.74, 6) is -0.647. The van der Waals surface area contributed by atoms with Crippen molar-refractivity contribution in [2.24, 2.45) is 0 Å². The van der Waals surface area contributed by atoms with Crippen molar-refractivity contribution in [3.8, 4) is 0 Å². The van der Waals surface area contributed by atoms with Gasteiger partial charge in [0.25, 0.3) is 10.0 Å². The molecule has 2 aliphatic rings. The lowest BCUT2D eigenvalue weighted by molar-refractivity contribution is 0.0593. The van der Waals surface area contributed by atoms with E-state index in [-0.39, 0.29) is 21.8 Å². The van der Waals surface area contributed by atoms with Crippen LogP contribution in [-0.2, 0) is 24.8 Å². The number of piperidine rings is 1. The van der Waals surface area contributed by atoms with Crippen LogP contribution in [0.1, 0.15) is 58.8 Å². The Morgan fingerprint density at radius 1 is 0.917 bits per heavy atom. The van der Waals surface area contributed by atoms with Gasteiger partial charge < -0.3 is 4.74 Å². The van der Waals surface area contributed by atoms with Crippen molar-refractivity contribution < 1.29 is 26.4 Å². The number of nitrogens with zero attached hydrogens (tertiary/aromatic N) is 2. The molecular weight excluding hydrogens is 500 g/mol. The first-order chi connectivity index (χ1) is 17.0. The zero-order valence-corrected chi connectivity index (χ0v) is 22.2. The molecule has 0 spiro atoms. The number of sulfonamides is 1. The number of aromatic nitrogens is 1. The summed E-state index contributed by atoms with van der Waals surface area (Å²) in [4.78, 5) is 12.7. The molecule has 2 heterocycles. The van der Waals surface area contributed by atoms with E-state index in [0.29, 0.717) is 36.8 Å². The number of carbonyl (C=O) groups excluding carboxylic acids is 1. The predicted octanol–water partition coefficient (Wildman–Crippen LogP) is 3.95. The highest BCUT2D eigenvalue weighted by molar-refractivity contribution is 7.90. The lowest BCUT2D eigenvalue weighted by Gasteiger charge is -2.32. The number of carbonyl (C=O) groups is 1. The molecule has 0 bridgehead atoms. The Kier molecular flexibility index (Phi) is 6.25. The largest absolute Gasteiger partial charge is 0.464 e. The van der Waals surface area contributed by atoms with E-state index in [0.717, 1.165) is 33.5 Å². The molecule has 36 heavy (non-hydrogen) atoms. The van der Waals surface area contributed by atoms with Gasteiger partial charge in [-0.1, -0.05) is 17.7 Å². The summed E-state index contributed by atoms with van der Waals surface area (Å²) in [5.41, 5.74) is 3.22. The first-order valence-electron chi connectivity index (χ1n) is 12.1. The zero-order chi connectivity index (χ0) is 25.8. The Morgan fingerprint density at radius 3 is 2.14 bits per heavy atom. The molecule has 3 aromatic rings. The minimum absolute atomic E-state index is 0.0602. The number of hydrogen-bond donors (Lipinski definition) is 0. The molecule has 8 nitrogen and oxygen atoms in total. The molecule has 0 radical (unpaired) electrons. The number of hydrogen-bond acceptors (Lipinski definition) is 6. The topological polar surface area (TPSA) is 103 Å². The van der Waals surface area contributed by atoms with Crippen molar-refractivity contribution >= 4 is 36.9 Å². The third-order valence-corrected chi connectivity index (χ3v) is 11.4. The number of benzene rings is 2. The Labute approximate surface area is 212 Å². The summed E-state index contributed by atoms with van der Waals surface area (Å²) in [6.45, 7) is 4.75. The Morgan fingerprint density at radius 2 is 1.56 bits per heavy atom. The molecule has 1 aliphatic heterocycles. The van der Waals surface area contributed by atoms with Gasteiger partial charge in [-0.2, -0.15) is 0 Å². The average Bonchev–Trinajstić information content (AvgIpc) is 3.65. The fourth-order valence-electron chi connectivity index (χ4n) is 5.12. The minimum atomic E-state index is -4.09. The van der Waals surface area contributed by atoms with Gasteiger partial charge in [0.15, 0.2) is 0 Å². The van der Waals surface area contributed by atoms with Crippen LogP contribution in [0, 0.1) is 13.8 Å². The van der Waals surface area contributed by atoms with Crippen LogP contribution in [0.4, 0.5) is 0 Å². The molecule has 0 atom stereocenters. The molecule has 1 aromatic heterocycles. The van der Waals surface area contributed by atoms with Crippen LogP contribution in [-0.4, -0.2) is 56.5 Å². The number of ether oxygens (including phenoxy) is 1. The molecular formula is C26H30N2O6S2. The lowest BCUT2D eigenvalue weighted by atomic mass is 9.87. The molecule has 192 valence electrons. The molecule has 1 saturated heterocycles. The van der Waals surface area contributed by atoms with Crippen LogP contribution in [0.5, 0.6) is 0 Å². The van der Waals surface area contributed by atoms with E-state index in [9.17, 15) is 21.6 Å². The Hall–Kier alpha value is -2.69. The monoisotopic (exact) mass is 530 g/mol. The predicted molar refractivity (Wildman–Crippen MR) is 137 cm³/mol. The minimum Gasteiger partial charge on any atom is -0.464 e. The van der Waals surface area contributed by atoms with Crippen molar-refractivity contribution in [2.45, 2.75) is 55.6 Å². The van der Waals surface area contributed by atoms with E-state index >= 15 is 0 Å². The number of methoxy groups -OCH3 is 1. The number of aryl methyl sites for hydroxylation is 2. The highest BCUT2D eigenvalue weighted by Crippen LogP contribution is 2.38. The number of esters is 1. The van der Waals surface area contributed by atoms with Gasteiger partial charge in [-0.15, -0.1) is 0 Å². The molecule has 5 rings (SSSR count). The average molecular weight is 531 g/mol. The van der Waals surface area contributed by atoms with E-state index < -0.39 is 26.0 Å². The van der Waals surface area contributed by atoms with Gasteiger partial charge in [0.2, 0.25) is 10.0 Å². The number of rotatable bonds is 6. The quantitative estimate of drug-likeness (QED) is 0.447. The zero-order valence-electron chi connectivity index (χ0n) is 20.6. The first-order valence-corrected chi connectivity index (χ1v) is 15.0. The lowest BCUT2D eigenvalue weighted by Crippen LogP contribution is -2.39. The maximum atomic E-state index is 13.7. The fraction of sp³-hybridized carbons (Fsp3) is 0.423. The highest BCUT2D eigenvalue weighted by Gasteiger charge is 2.41. The molecule has 1 saturated carbocycles. The summed E-state index contributed by atoms with van der Waals surface area (Å²) < 4.78 is 60.4. The Bertz CT molecular complexity index is 1540. The molecule has 0 amide bonds.